The number of alkyl halides is 3. The minimum absolute atomic E-state index is 0. The molecule has 25 nitrogen and oxygen atoms in total. The molecule has 0 fully saturated rings. The molecule has 105 heavy (non-hydrogen) atoms. The molecule has 4 aromatic rings. The van der Waals surface area contributed by atoms with Gasteiger partial charge in [0, 0.05) is 90.5 Å². The van der Waals surface area contributed by atoms with E-state index in [0.717, 1.165) is 66.5 Å². The van der Waals surface area contributed by atoms with Crippen molar-refractivity contribution < 1.29 is 87.2 Å². The van der Waals surface area contributed by atoms with Crippen molar-refractivity contribution in [2.45, 2.75) is 186 Å². The lowest BCUT2D eigenvalue weighted by molar-refractivity contribution is -0.162. The number of nitrogens with zero attached hydrogens (tertiary/aromatic N) is 2. The number of nitrogens with one attached hydrogen (secondary N) is 4. The predicted octanol–water partition coefficient (Wildman–Crippen LogP) is 20.8. The van der Waals surface area contributed by atoms with Crippen LogP contribution in [0.5, 0.6) is 0 Å². The van der Waals surface area contributed by atoms with Crippen LogP contribution in [0.2, 0.25) is 0 Å². The van der Waals surface area contributed by atoms with Gasteiger partial charge < -0.3 is 55.1 Å². The zero-order valence-electron chi connectivity index (χ0n) is 61.8. The summed E-state index contributed by atoms with van der Waals surface area (Å²) < 4.78 is 90.1. The van der Waals surface area contributed by atoms with Crippen LogP contribution in [0.1, 0.15) is 172 Å². The van der Waals surface area contributed by atoms with Gasteiger partial charge in [-0.3, -0.25) is 27.8 Å². The molecule has 0 heterocycles. The lowest BCUT2D eigenvalue weighted by Crippen LogP contribution is -2.32. The number of urea groups is 2. The first-order chi connectivity index (χ1) is 46.2. The lowest BCUT2D eigenvalue weighted by atomic mass is 9.92. The SMILES string of the molecule is C.C.CC(Cl)OC(=O)Cl.CC(Cl)OP(C)(C)=O.CC(Cl)OS(=O)(=O)Cl.CC[C@@H](CC(=O)O)c1ccc(N(CC(C)C)CC(C)C)c(NC(=O)Nc2ccc(C)cc2)c1.CC[C@@H](CC(=O)OC(C)OP(C)(=O)O)c1ccc(N(CC(C)C)CC(C)C)c(NC(=O)Nc2ccc(C)cc2)c1.O=S(=O)(O)Cl.S.S. The second-order valence-electron chi connectivity index (χ2n) is 25.1. The first-order valence-corrected chi connectivity index (χ1v) is 42.7. The number of halogens is 6. The molecule has 0 aliphatic heterocycles. The van der Waals surface area contributed by atoms with Gasteiger partial charge in [-0.1, -0.05) is 166 Å². The summed E-state index contributed by atoms with van der Waals surface area (Å²) in [6.07, 6.45) is 0.331. The van der Waals surface area contributed by atoms with Crippen molar-refractivity contribution in [1.29, 1.82) is 0 Å². The van der Waals surface area contributed by atoms with Crippen LogP contribution in [0.3, 0.4) is 0 Å². The van der Waals surface area contributed by atoms with E-state index >= 15 is 0 Å². The van der Waals surface area contributed by atoms with E-state index in [1.165, 1.54) is 34.1 Å². The highest BCUT2D eigenvalue weighted by molar-refractivity contribution is 8.10. The number of aryl methyl sites for hydroxylation is 2. The number of rotatable bonds is 30. The van der Waals surface area contributed by atoms with Gasteiger partial charge in [-0.2, -0.15) is 43.8 Å². The van der Waals surface area contributed by atoms with Crippen molar-refractivity contribution in [3.05, 3.63) is 107 Å². The number of benzene rings is 4. The summed E-state index contributed by atoms with van der Waals surface area (Å²) in [6.45, 7) is 38.7. The van der Waals surface area contributed by atoms with Gasteiger partial charge in [-0.15, -0.1) is 0 Å². The van der Waals surface area contributed by atoms with Crippen LogP contribution in [0.4, 0.5) is 48.5 Å². The van der Waals surface area contributed by atoms with Crippen molar-refractivity contribution in [2.24, 2.45) is 23.7 Å². The molecule has 4 amide bonds. The minimum Gasteiger partial charge on any atom is -0.481 e. The molecule has 608 valence electrons. The molecule has 0 saturated carbocycles. The topological polar surface area (TPSA) is 349 Å². The Morgan fingerprint density at radius 1 is 0.533 bits per heavy atom. The van der Waals surface area contributed by atoms with Gasteiger partial charge in [0.2, 0.25) is 6.29 Å². The Labute approximate surface area is 668 Å². The van der Waals surface area contributed by atoms with Crippen LogP contribution in [0.25, 0.3) is 0 Å². The first kappa shape index (κ1) is 112. The van der Waals surface area contributed by atoms with E-state index < -0.39 is 74.0 Å². The Bertz CT molecular complexity index is 3460. The molecule has 37 heteroatoms. The number of carboxylic acids is 1. The third-order valence-electron chi connectivity index (χ3n) is 12.5. The number of esters is 1. The average molecular weight is 1720 g/mol. The largest absolute Gasteiger partial charge is 0.481 e. The van der Waals surface area contributed by atoms with Gasteiger partial charge in [0.05, 0.1) is 35.6 Å². The van der Waals surface area contributed by atoms with Crippen LogP contribution in [-0.2, 0) is 60.1 Å². The quantitative estimate of drug-likeness (QED) is 0.00637. The van der Waals surface area contributed by atoms with Gasteiger partial charge >= 0.3 is 55.7 Å². The maximum Gasteiger partial charge on any atom is 0.405 e. The van der Waals surface area contributed by atoms with Crippen LogP contribution >= 0.6 is 110 Å². The number of hydrogen-bond acceptors (Lipinski definition) is 18. The number of ether oxygens (including phenoxy) is 2. The van der Waals surface area contributed by atoms with E-state index in [1.807, 2.05) is 113 Å². The molecule has 0 radical (unpaired) electrons. The number of anilines is 6. The number of aliphatic carboxylic acids is 1. The third-order valence-corrected chi connectivity index (χ3v) is 15.3. The van der Waals surface area contributed by atoms with Crippen LogP contribution in [0.15, 0.2) is 84.9 Å². The fourth-order valence-corrected chi connectivity index (χ4v) is 12.3. The number of carbonyl (C=O) groups is 5. The normalized spacial score (nSPS) is 13.1. The summed E-state index contributed by atoms with van der Waals surface area (Å²) in [5.41, 5.74) is 5.77. The van der Waals surface area contributed by atoms with Crippen LogP contribution < -0.4 is 31.1 Å². The molecule has 0 bridgehead atoms. The van der Waals surface area contributed by atoms with Gasteiger partial charge in [0.15, 0.2) is 12.9 Å². The first-order valence-electron chi connectivity index (χ1n) is 32.0. The second kappa shape index (κ2) is 56.3. The molecule has 0 aromatic heterocycles. The number of carbonyl (C=O) groups excluding carboxylic acids is 4. The van der Waals surface area contributed by atoms with Crippen molar-refractivity contribution in [3.8, 4) is 0 Å². The summed E-state index contributed by atoms with van der Waals surface area (Å²) in [4.78, 5) is 73.6. The molecule has 4 rings (SSSR count). The highest BCUT2D eigenvalue weighted by atomic mass is 35.7. The van der Waals surface area contributed by atoms with E-state index in [0.29, 0.717) is 59.3 Å². The minimum atomic E-state index is -4.19. The maximum atomic E-state index is 13.1. The highest BCUT2D eigenvalue weighted by Gasteiger charge is 2.25. The third kappa shape index (κ3) is 61.5. The Hall–Kier alpha value is -3.97. The zero-order chi connectivity index (χ0) is 78.5. The molecule has 5 unspecified atom stereocenters. The van der Waals surface area contributed by atoms with Crippen molar-refractivity contribution in [2.75, 3.05) is 77.2 Å². The number of carboxylic acid groups (broad SMARTS) is 1. The summed E-state index contributed by atoms with van der Waals surface area (Å²) in [5, 5.41) is 21.2. The summed E-state index contributed by atoms with van der Waals surface area (Å²) in [5.74, 6) is 0.0611. The van der Waals surface area contributed by atoms with Crippen molar-refractivity contribution >= 4 is 192 Å². The maximum absolute atomic E-state index is 13.1. The van der Waals surface area contributed by atoms with E-state index in [1.54, 1.807) is 6.92 Å². The summed E-state index contributed by atoms with van der Waals surface area (Å²) >= 11 is 20.3. The van der Waals surface area contributed by atoms with Gasteiger partial charge in [-0.25, -0.2) is 18.6 Å². The molecule has 0 aliphatic carbocycles. The Morgan fingerprint density at radius 3 is 1.09 bits per heavy atom. The molecular weight excluding hydrogens is 1610 g/mol. The van der Waals surface area contributed by atoms with Crippen LogP contribution in [-0.4, -0.2) is 130 Å². The van der Waals surface area contributed by atoms with Crippen molar-refractivity contribution in [1.82, 2.24) is 0 Å². The molecule has 0 aliphatic rings. The monoisotopic (exact) mass is 1720 g/mol. The Morgan fingerprint density at radius 2 is 0.867 bits per heavy atom. The molecule has 4 aromatic carbocycles. The van der Waals surface area contributed by atoms with Crippen molar-refractivity contribution in [3.63, 3.8) is 0 Å². The number of amides is 4. The second-order valence-corrected chi connectivity index (χ2v) is 35.8. The zero-order valence-corrected chi connectivity index (χ0v) is 71.7. The van der Waals surface area contributed by atoms with Gasteiger partial charge in [-0.05, 0) is 150 Å². The van der Waals surface area contributed by atoms with Gasteiger partial charge in [0.25, 0.3) is 0 Å². The summed E-state index contributed by atoms with van der Waals surface area (Å²) in [6, 6.07) is 26.4. The predicted molar refractivity (Wildman–Crippen MR) is 446 cm³/mol. The Balaban J connectivity index is -0.000000334. The average Bonchev–Trinajstić information content (AvgIpc) is 0.819. The van der Waals surface area contributed by atoms with E-state index in [-0.39, 0.29) is 78.6 Å². The van der Waals surface area contributed by atoms with Gasteiger partial charge in [0.1, 0.15) is 11.1 Å². The summed E-state index contributed by atoms with van der Waals surface area (Å²) in [7, 11) is -5.57. The van der Waals surface area contributed by atoms with E-state index in [2.05, 4.69) is 117 Å². The Kier molecular flexibility index (Phi) is 60.0. The smallest absolute Gasteiger partial charge is 0.405 e. The number of hydrogen-bond donors (Lipinski definition) is 7. The fourth-order valence-electron chi connectivity index (χ4n) is 9.09. The fraction of sp³-hybridized carbons (Fsp3) is 0.574. The molecule has 7 atom stereocenters. The van der Waals surface area contributed by atoms with E-state index in [4.69, 9.17) is 73.2 Å². The standard InChI is InChI=1S/C30H46N3O6P.C27H39N3O3.C4H10ClO2P.C3H4Cl2O2.C2H4Cl2O3S.2CH4.ClHO3S.2H2S/c1-9-24(17-29(34)38-23(7)39-40(8,36)37)25-12-15-28(33(18-20(2)3)19-21(4)5)27(16-25)32-30(35)31-26-13-10-22(6)11-14-26;1-7-21(15-26(31)32)22-10-13-25(30(16-18(2)3)17-19(4)5)24(14-22)29-27(33)28-23-11-8-20(6)9-12-23;1-4(5)7-8(2,3)6;1-2(4)7-3(5)6;1-2(3)7-8(4,5)6;;;1-5(2,3)4;;/h10-16,20-21,23-24H,9,17-19H2,1-8H3,(H,36,37)(H2,31,32,35);8-14,18-19,21H,7,15-17H2,1-6H3,(H,31,32)(H2,28,29,33);4H,1-3H3;2H,1H3;2H,1H3;2*1H4;(H,2,3,4);2*1H2/t23?,24-;21-;;;;;;;;/m00......../s1. The molecular formula is C68H116Cl6N6O19P2S4. The highest BCUT2D eigenvalue weighted by Crippen LogP contribution is 2.41. The molecule has 0 spiro atoms. The van der Waals surface area contributed by atoms with E-state index in [9.17, 15) is 51.5 Å². The van der Waals surface area contributed by atoms with Crippen LogP contribution in [0, 0.1) is 37.5 Å². The molecule has 7 N–H and O–H groups in total. The lowest BCUT2D eigenvalue weighted by Gasteiger charge is -2.31. The molecule has 0 saturated heterocycles.